The molecule has 1 aliphatic rings. The number of hydrogen-bond donors (Lipinski definition) is 1. The quantitative estimate of drug-likeness (QED) is 0.627. The Morgan fingerprint density at radius 3 is 2.41 bits per heavy atom. The first-order valence-electron chi connectivity index (χ1n) is 9.09. The number of hydrogen-bond acceptors (Lipinski definition) is 5. The Balaban J connectivity index is 1.30. The highest BCUT2D eigenvalue weighted by Gasteiger charge is 2.38. The van der Waals surface area contributed by atoms with Gasteiger partial charge in [-0.2, -0.15) is 0 Å². The van der Waals surface area contributed by atoms with Crippen LogP contribution >= 0.6 is 11.8 Å². The lowest BCUT2D eigenvalue weighted by Crippen LogP contribution is -2.46. The van der Waals surface area contributed by atoms with Crippen LogP contribution < -0.4 is 5.32 Å². The minimum atomic E-state index is -0.0123. The van der Waals surface area contributed by atoms with Gasteiger partial charge in [0.2, 0.25) is 11.8 Å². The average molecular weight is 379 g/mol. The predicted molar refractivity (Wildman–Crippen MR) is 105 cm³/mol. The number of benzene rings is 2. The molecule has 6 heteroatoms. The molecule has 27 heavy (non-hydrogen) atoms. The third-order valence-electron chi connectivity index (χ3n) is 5.07. The van der Waals surface area contributed by atoms with E-state index in [0.717, 1.165) is 18.4 Å². The van der Waals surface area contributed by atoms with Crippen molar-refractivity contribution < 1.29 is 9.21 Å². The van der Waals surface area contributed by atoms with Crippen LogP contribution in [0.5, 0.6) is 0 Å². The maximum Gasteiger partial charge on any atom is 0.277 e. The topological polar surface area (TPSA) is 68.0 Å². The minimum Gasteiger partial charge on any atom is -0.411 e. The number of aromatic nitrogens is 2. The molecule has 1 aliphatic carbocycles. The van der Waals surface area contributed by atoms with Gasteiger partial charge in [-0.15, -0.1) is 10.2 Å². The summed E-state index contributed by atoms with van der Waals surface area (Å²) in [5.41, 5.74) is 2.27. The Kier molecular flexibility index (Phi) is 5.25. The Morgan fingerprint density at radius 2 is 1.74 bits per heavy atom. The van der Waals surface area contributed by atoms with Gasteiger partial charge in [-0.3, -0.25) is 4.79 Å². The largest absolute Gasteiger partial charge is 0.411 e. The van der Waals surface area contributed by atoms with Gasteiger partial charge < -0.3 is 9.73 Å². The van der Waals surface area contributed by atoms with Gasteiger partial charge in [-0.05, 0) is 30.5 Å². The van der Waals surface area contributed by atoms with Crippen molar-refractivity contribution in [1.82, 2.24) is 15.5 Å². The molecule has 0 aliphatic heterocycles. The molecular formula is C21H21N3O2S. The van der Waals surface area contributed by atoms with E-state index in [1.54, 1.807) is 0 Å². The van der Waals surface area contributed by atoms with Crippen molar-refractivity contribution in [2.45, 2.75) is 29.9 Å². The second kappa shape index (κ2) is 7.96. The van der Waals surface area contributed by atoms with Crippen LogP contribution in [0.4, 0.5) is 0 Å². The number of nitrogens with zero attached hydrogens (tertiary/aromatic N) is 2. The second-order valence-electron chi connectivity index (χ2n) is 6.80. The van der Waals surface area contributed by atoms with Crippen molar-refractivity contribution in [3.8, 4) is 11.5 Å². The summed E-state index contributed by atoms with van der Waals surface area (Å²) in [5, 5.41) is 11.5. The molecule has 0 spiro atoms. The van der Waals surface area contributed by atoms with Crippen LogP contribution in [0, 0.1) is 0 Å². The molecule has 1 amide bonds. The van der Waals surface area contributed by atoms with E-state index in [2.05, 4.69) is 39.8 Å². The lowest BCUT2D eigenvalue weighted by atomic mass is 9.64. The first kappa shape index (κ1) is 17.8. The van der Waals surface area contributed by atoms with Gasteiger partial charge in [0.1, 0.15) is 0 Å². The highest BCUT2D eigenvalue weighted by molar-refractivity contribution is 7.99. The van der Waals surface area contributed by atoms with Crippen molar-refractivity contribution in [1.29, 1.82) is 0 Å². The molecule has 1 fully saturated rings. The third-order valence-corrected chi connectivity index (χ3v) is 5.89. The maximum absolute atomic E-state index is 12.3. The highest BCUT2D eigenvalue weighted by atomic mass is 32.2. The van der Waals surface area contributed by atoms with Crippen LogP contribution in [0.3, 0.4) is 0 Å². The van der Waals surface area contributed by atoms with Gasteiger partial charge in [0, 0.05) is 17.5 Å². The molecule has 0 radical (unpaired) electrons. The van der Waals surface area contributed by atoms with Gasteiger partial charge in [0.15, 0.2) is 0 Å². The van der Waals surface area contributed by atoms with Crippen LogP contribution in [0.2, 0.25) is 0 Å². The van der Waals surface area contributed by atoms with Crippen LogP contribution in [-0.4, -0.2) is 28.4 Å². The molecular weight excluding hydrogens is 358 g/mol. The zero-order chi connectivity index (χ0) is 18.5. The van der Waals surface area contributed by atoms with E-state index in [1.807, 2.05) is 36.4 Å². The van der Waals surface area contributed by atoms with Gasteiger partial charge in [0.05, 0.1) is 5.75 Å². The highest BCUT2D eigenvalue weighted by Crippen LogP contribution is 2.43. The first-order valence-corrected chi connectivity index (χ1v) is 10.1. The molecule has 1 aromatic heterocycles. The molecule has 2 aromatic carbocycles. The summed E-state index contributed by atoms with van der Waals surface area (Å²) in [7, 11) is 0. The SMILES string of the molecule is O=C(CSc1nnc(-c2ccccc2)o1)NCC1(c2ccccc2)CCC1. The number of thioether (sulfide) groups is 1. The van der Waals surface area contributed by atoms with Gasteiger partial charge in [-0.25, -0.2) is 0 Å². The van der Waals surface area contributed by atoms with E-state index in [1.165, 1.54) is 23.7 Å². The third kappa shape index (κ3) is 4.06. The lowest BCUT2D eigenvalue weighted by molar-refractivity contribution is -0.119. The predicted octanol–water partition coefficient (Wildman–Crippen LogP) is 4.07. The summed E-state index contributed by atoms with van der Waals surface area (Å²) < 4.78 is 5.63. The molecule has 4 rings (SSSR count). The number of carbonyl (C=O) groups is 1. The number of rotatable bonds is 7. The fourth-order valence-corrected chi connectivity index (χ4v) is 3.97. The Hall–Kier alpha value is -2.60. The van der Waals surface area contributed by atoms with E-state index in [9.17, 15) is 4.79 Å². The summed E-state index contributed by atoms with van der Waals surface area (Å²) in [6.45, 7) is 0.676. The van der Waals surface area contributed by atoms with Gasteiger partial charge in [0.25, 0.3) is 5.22 Å². The fourth-order valence-electron chi connectivity index (χ4n) is 3.37. The zero-order valence-electron chi connectivity index (χ0n) is 14.9. The standard InChI is InChI=1S/C21H21N3O2S/c25-18(22-15-21(12-7-13-21)17-10-5-2-6-11-17)14-27-20-24-23-19(26-20)16-8-3-1-4-9-16/h1-6,8-11H,7,12-15H2,(H,22,25). The molecule has 0 bridgehead atoms. The maximum atomic E-state index is 12.3. The average Bonchev–Trinajstić information content (AvgIpc) is 3.16. The number of carbonyl (C=O) groups excluding carboxylic acids is 1. The first-order chi connectivity index (χ1) is 13.3. The molecule has 1 N–H and O–H groups in total. The van der Waals surface area contributed by atoms with Crippen LogP contribution in [0.25, 0.3) is 11.5 Å². The minimum absolute atomic E-state index is 0.0123. The van der Waals surface area contributed by atoms with E-state index in [4.69, 9.17) is 4.42 Å². The van der Waals surface area contributed by atoms with Crippen molar-refractivity contribution in [3.63, 3.8) is 0 Å². The van der Waals surface area contributed by atoms with Crippen LogP contribution in [0.1, 0.15) is 24.8 Å². The van der Waals surface area contributed by atoms with Crippen LogP contribution in [0.15, 0.2) is 70.3 Å². The van der Waals surface area contributed by atoms with Crippen molar-refractivity contribution in [2.75, 3.05) is 12.3 Å². The lowest BCUT2D eigenvalue weighted by Gasteiger charge is -2.42. The molecule has 138 valence electrons. The summed E-state index contributed by atoms with van der Waals surface area (Å²) >= 11 is 1.26. The van der Waals surface area contributed by atoms with E-state index < -0.39 is 0 Å². The Labute approximate surface area is 162 Å². The molecule has 5 nitrogen and oxygen atoms in total. The monoisotopic (exact) mass is 379 g/mol. The summed E-state index contributed by atoms with van der Waals surface area (Å²) in [5.74, 6) is 0.721. The molecule has 0 unspecified atom stereocenters. The van der Waals surface area contributed by atoms with Gasteiger partial charge in [-0.1, -0.05) is 66.7 Å². The number of amides is 1. The molecule has 0 saturated heterocycles. The van der Waals surface area contributed by atoms with E-state index >= 15 is 0 Å². The fraction of sp³-hybridized carbons (Fsp3) is 0.286. The van der Waals surface area contributed by atoms with Crippen molar-refractivity contribution >= 4 is 17.7 Å². The Morgan fingerprint density at radius 1 is 1.04 bits per heavy atom. The van der Waals surface area contributed by atoms with Gasteiger partial charge >= 0.3 is 0 Å². The smallest absolute Gasteiger partial charge is 0.277 e. The Bertz CT molecular complexity index is 892. The summed E-state index contributed by atoms with van der Waals surface area (Å²) in [6.07, 6.45) is 3.45. The summed E-state index contributed by atoms with van der Waals surface area (Å²) in [6, 6.07) is 20.1. The molecule has 0 atom stereocenters. The van der Waals surface area contributed by atoms with Crippen molar-refractivity contribution in [2.24, 2.45) is 0 Å². The molecule has 3 aromatic rings. The number of nitrogens with one attached hydrogen (secondary N) is 1. The van der Waals surface area contributed by atoms with E-state index in [0.29, 0.717) is 17.7 Å². The second-order valence-corrected chi connectivity index (χ2v) is 7.73. The summed E-state index contributed by atoms with van der Waals surface area (Å²) in [4.78, 5) is 12.3. The van der Waals surface area contributed by atoms with E-state index in [-0.39, 0.29) is 17.1 Å². The van der Waals surface area contributed by atoms with Crippen molar-refractivity contribution in [3.05, 3.63) is 66.2 Å². The normalized spacial score (nSPS) is 15.1. The molecule has 1 heterocycles. The van der Waals surface area contributed by atoms with Crippen LogP contribution in [-0.2, 0) is 10.2 Å². The molecule has 1 saturated carbocycles. The zero-order valence-corrected chi connectivity index (χ0v) is 15.7.